The first-order chi connectivity index (χ1) is 11.1. The summed E-state index contributed by atoms with van der Waals surface area (Å²) >= 11 is 1.89. The van der Waals surface area contributed by atoms with Crippen molar-refractivity contribution in [1.82, 2.24) is 10.3 Å². The summed E-state index contributed by atoms with van der Waals surface area (Å²) in [6.07, 6.45) is 2.13. The van der Waals surface area contributed by atoms with Gasteiger partial charge in [-0.1, -0.05) is 6.07 Å². The van der Waals surface area contributed by atoms with Crippen LogP contribution in [-0.2, 0) is 4.79 Å². The molecule has 24 heavy (non-hydrogen) atoms. The van der Waals surface area contributed by atoms with Crippen LogP contribution < -0.4 is 10.6 Å². The Hall–Kier alpha value is -1.50. The maximum atomic E-state index is 12.2. The SMILES string of the molecule is Cc1coc(-c2cc(NC(=O)CC3CSCCN3)ccc2C)n1.Cl. The average Bonchev–Trinajstić information content (AvgIpc) is 2.96. The Morgan fingerprint density at radius 1 is 1.46 bits per heavy atom. The summed E-state index contributed by atoms with van der Waals surface area (Å²) in [6.45, 7) is 4.87. The Bertz CT molecular complexity index is 699. The molecule has 1 aliphatic rings. The summed E-state index contributed by atoms with van der Waals surface area (Å²) in [5.74, 6) is 2.72. The van der Waals surface area contributed by atoms with Crippen molar-refractivity contribution in [3.05, 3.63) is 35.7 Å². The fourth-order valence-corrected chi connectivity index (χ4v) is 3.54. The second kappa shape index (κ2) is 8.55. The maximum Gasteiger partial charge on any atom is 0.226 e. The standard InChI is InChI=1S/C17H21N3O2S.ClH/c1-11-3-4-13(7-15(11)17-19-12(2)9-22-17)20-16(21)8-14-10-23-6-5-18-14;/h3-4,7,9,14,18H,5-6,8,10H2,1-2H3,(H,20,21);1H. The number of carbonyl (C=O) groups excluding carboxylic acids is 1. The number of thioether (sulfide) groups is 1. The van der Waals surface area contributed by atoms with Crippen LogP contribution in [-0.4, -0.2) is 35.0 Å². The molecule has 1 saturated heterocycles. The molecule has 1 aromatic heterocycles. The predicted molar refractivity (Wildman–Crippen MR) is 101 cm³/mol. The van der Waals surface area contributed by atoms with Crippen LogP contribution in [0.25, 0.3) is 11.5 Å². The number of oxazole rings is 1. The van der Waals surface area contributed by atoms with Gasteiger partial charge in [0, 0.05) is 41.8 Å². The molecular weight excluding hydrogens is 346 g/mol. The minimum atomic E-state index is 0. The maximum absolute atomic E-state index is 12.2. The molecular formula is C17H22ClN3O2S. The number of nitrogens with one attached hydrogen (secondary N) is 2. The highest BCUT2D eigenvalue weighted by molar-refractivity contribution is 7.99. The summed E-state index contributed by atoms with van der Waals surface area (Å²) in [7, 11) is 0. The van der Waals surface area contributed by atoms with Crippen molar-refractivity contribution in [2.24, 2.45) is 0 Å². The van der Waals surface area contributed by atoms with Gasteiger partial charge in [-0.3, -0.25) is 4.79 Å². The predicted octanol–water partition coefficient (Wildman–Crippen LogP) is 3.41. The third kappa shape index (κ3) is 4.75. The first-order valence-electron chi connectivity index (χ1n) is 7.76. The van der Waals surface area contributed by atoms with Crippen LogP contribution in [0.3, 0.4) is 0 Å². The number of aryl methyl sites for hydroxylation is 2. The Balaban J connectivity index is 0.00000208. The van der Waals surface area contributed by atoms with Crippen molar-refractivity contribution in [1.29, 1.82) is 0 Å². The quantitative estimate of drug-likeness (QED) is 0.866. The smallest absolute Gasteiger partial charge is 0.226 e. The lowest BCUT2D eigenvalue weighted by atomic mass is 10.1. The minimum Gasteiger partial charge on any atom is -0.444 e. The van der Waals surface area contributed by atoms with Crippen LogP contribution in [0.5, 0.6) is 0 Å². The molecule has 5 nitrogen and oxygen atoms in total. The number of aromatic nitrogens is 1. The summed E-state index contributed by atoms with van der Waals surface area (Å²) in [6, 6.07) is 6.06. The molecule has 3 rings (SSSR count). The van der Waals surface area contributed by atoms with E-state index in [0.29, 0.717) is 12.3 Å². The monoisotopic (exact) mass is 367 g/mol. The van der Waals surface area contributed by atoms with Crippen LogP contribution in [0.1, 0.15) is 17.7 Å². The van der Waals surface area contributed by atoms with Crippen LogP contribution >= 0.6 is 24.2 Å². The second-order valence-corrected chi connectivity index (χ2v) is 6.95. The summed E-state index contributed by atoms with van der Waals surface area (Å²) < 4.78 is 5.48. The molecule has 0 saturated carbocycles. The molecule has 1 fully saturated rings. The zero-order valence-electron chi connectivity index (χ0n) is 13.8. The van der Waals surface area contributed by atoms with Crippen LogP contribution in [0.15, 0.2) is 28.9 Å². The Morgan fingerprint density at radius 3 is 2.96 bits per heavy atom. The molecule has 0 spiro atoms. The number of halogens is 1. The van der Waals surface area contributed by atoms with Gasteiger partial charge in [-0.2, -0.15) is 11.8 Å². The molecule has 1 unspecified atom stereocenters. The van der Waals surface area contributed by atoms with Gasteiger partial charge in [-0.15, -0.1) is 12.4 Å². The highest BCUT2D eigenvalue weighted by Crippen LogP contribution is 2.26. The van der Waals surface area contributed by atoms with Crippen molar-refractivity contribution < 1.29 is 9.21 Å². The molecule has 1 amide bonds. The molecule has 130 valence electrons. The van der Waals surface area contributed by atoms with Crippen LogP contribution in [0.2, 0.25) is 0 Å². The zero-order valence-corrected chi connectivity index (χ0v) is 15.4. The highest BCUT2D eigenvalue weighted by atomic mass is 35.5. The first-order valence-corrected chi connectivity index (χ1v) is 8.91. The van der Waals surface area contributed by atoms with E-state index in [1.807, 2.05) is 43.8 Å². The van der Waals surface area contributed by atoms with E-state index in [2.05, 4.69) is 15.6 Å². The van der Waals surface area contributed by atoms with Gasteiger partial charge in [-0.05, 0) is 31.5 Å². The van der Waals surface area contributed by atoms with Gasteiger partial charge in [0.2, 0.25) is 11.8 Å². The first kappa shape index (κ1) is 18.8. The molecule has 0 aliphatic carbocycles. The van der Waals surface area contributed by atoms with Crippen molar-refractivity contribution in [2.75, 3.05) is 23.4 Å². The fourth-order valence-electron chi connectivity index (χ4n) is 2.59. The molecule has 1 aliphatic heterocycles. The van der Waals surface area contributed by atoms with E-state index in [4.69, 9.17) is 4.42 Å². The minimum absolute atomic E-state index is 0. The van der Waals surface area contributed by atoms with E-state index >= 15 is 0 Å². The van der Waals surface area contributed by atoms with Gasteiger partial charge in [0.05, 0.1) is 5.69 Å². The Morgan fingerprint density at radius 2 is 2.29 bits per heavy atom. The van der Waals surface area contributed by atoms with E-state index < -0.39 is 0 Å². The number of rotatable bonds is 4. The molecule has 0 bridgehead atoms. The van der Waals surface area contributed by atoms with Gasteiger partial charge in [0.25, 0.3) is 0 Å². The van der Waals surface area contributed by atoms with Gasteiger partial charge < -0.3 is 15.1 Å². The third-order valence-corrected chi connectivity index (χ3v) is 4.93. The lowest BCUT2D eigenvalue weighted by Gasteiger charge is -2.22. The molecule has 2 aromatic rings. The fraction of sp³-hybridized carbons (Fsp3) is 0.412. The van der Waals surface area contributed by atoms with E-state index in [9.17, 15) is 4.79 Å². The number of benzene rings is 1. The average molecular weight is 368 g/mol. The van der Waals surface area contributed by atoms with Gasteiger partial charge in [0.1, 0.15) is 6.26 Å². The molecule has 0 radical (unpaired) electrons. The van der Waals surface area contributed by atoms with Crippen molar-refractivity contribution >= 4 is 35.8 Å². The lowest BCUT2D eigenvalue weighted by molar-refractivity contribution is -0.116. The van der Waals surface area contributed by atoms with Crippen LogP contribution in [0.4, 0.5) is 5.69 Å². The van der Waals surface area contributed by atoms with Crippen molar-refractivity contribution in [2.45, 2.75) is 26.3 Å². The van der Waals surface area contributed by atoms with E-state index in [0.717, 1.165) is 40.6 Å². The largest absolute Gasteiger partial charge is 0.444 e. The second-order valence-electron chi connectivity index (χ2n) is 5.80. The number of anilines is 1. The summed E-state index contributed by atoms with van der Waals surface area (Å²) in [5.41, 5.74) is 3.59. The Labute approximate surface area is 152 Å². The Kier molecular flexibility index (Phi) is 6.71. The third-order valence-electron chi connectivity index (χ3n) is 3.80. The molecule has 2 N–H and O–H groups in total. The van der Waals surface area contributed by atoms with Gasteiger partial charge in [0.15, 0.2) is 0 Å². The number of amides is 1. The number of carbonyl (C=O) groups is 1. The normalized spacial score (nSPS) is 17.2. The summed E-state index contributed by atoms with van der Waals surface area (Å²) in [5, 5.41) is 6.35. The van der Waals surface area contributed by atoms with E-state index in [1.165, 1.54) is 0 Å². The molecule has 1 aromatic carbocycles. The topological polar surface area (TPSA) is 67.2 Å². The lowest BCUT2D eigenvalue weighted by Crippen LogP contribution is -2.39. The number of hydrogen-bond donors (Lipinski definition) is 2. The molecule has 1 atom stereocenters. The number of hydrogen-bond acceptors (Lipinski definition) is 5. The summed E-state index contributed by atoms with van der Waals surface area (Å²) in [4.78, 5) is 16.6. The molecule has 2 heterocycles. The van der Waals surface area contributed by atoms with E-state index in [1.54, 1.807) is 6.26 Å². The molecule has 7 heteroatoms. The van der Waals surface area contributed by atoms with Gasteiger partial charge in [-0.25, -0.2) is 4.98 Å². The van der Waals surface area contributed by atoms with Crippen molar-refractivity contribution in [3.63, 3.8) is 0 Å². The van der Waals surface area contributed by atoms with E-state index in [-0.39, 0.29) is 24.4 Å². The zero-order chi connectivity index (χ0) is 16.2. The van der Waals surface area contributed by atoms with Crippen molar-refractivity contribution in [3.8, 4) is 11.5 Å². The number of nitrogens with zero attached hydrogens (tertiary/aromatic N) is 1. The highest BCUT2D eigenvalue weighted by Gasteiger charge is 2.17. The van der Waals surface area contributed by atoms with Gasteiger partial charge >= 0.3 is 0 Å². The van der Waals surface area contributed by atoms with Crippen LogP contribution in [0, 0.1) is 13.8 Å².